The van der Waals surface area contributed by atoms with E-state index in [1.807, 2.05) is 18.2 Å². The Kier molecular flexibility index (Phi) is 3.46. The molecule has 0 aliphatic carbocycles. The zero-order valence-electron chi connectivity index (χ0n) is 11.0. The minimum atomic E-state index is -3.24. The lowest BCUT2D eigenvalue weighted by Crippen LogP contribution is -2.28. The summed E-state index contributed by atoms with van der Waals surface area (Å²) in [4.78, 5) is 3.32. The summed E-state index contributed by atoms with van der Waals surface area (Å²) in [7, 11) is -3.24. The second-order valence-electron chi connectivity index (χ2n) is 5.34. The van der Waals surface area contributed by atoms with Crippen LogP contribution in [-0.2, 0) is 9.84 Å². The summed E-state index contributed by atoms with van der Waals surface area (Å²) in [6.07, 6.45) is 6.74. The van der Waals surface area contributed by atoms with Crippen molar-refractivity contribution in [2.45, 2.75) is 30.6 Å². The van der Waals surface area contributed by atoms with E-state index in [4.69, 9.17) is 0 Å². The average Bonchev–Trinajstić information content (AvgIpc) is 2.60. The monoisotopic (exact) mass is 277 g/mol. The highest BCUT2D eigenvalue weighted by molar-refractivity contribution is 7.95. The van der Waals surface area contributed by atoms with Crippen LogP contribution in [0.5, 0.6) is 0 Å². The minimum Gasteiger partial charge on any atom is -0.298 e. The summed E-state index contributed by atoms with van der Waals surface area (Å²) in [6, 6.07) is 7.26. The van der Waals surface area contributed by atoms with Crippen molar-refractivity contribution >= 4 is 15.9 Å². The molecule has 0 unspecified atom stereocenters. The Labute approximate surface area is 114 Å². The zero-order valence-corrected chi connectivity index (χ0v) is 11.8. The quantitative estimate of drug-likeness (QED) is 0.834. The van der Waals surface area contributed by atoms with E-state index in [9.17, 15) is 8.42 Å². The number of hydrogen-bond acceptors (Lipinski definition) is 3. The van der Waals surface area contributed by atoms with Crippen LogP contribution in [0, 0.1) is 0 Å². The van der Waals surface area contributed by atoms with Crippen molar-refractivity contribution in [2.24, 2.45) is 0 Å². The second-order valence-corrected chi connectivity index (χ2v) is 7.31. The van der Waals surface area contributed by atoms with Crippen molar-refractivity contribution in [1.82, 2.24) is 4.90 Å². The molecule has 2 aliphatic rings. The van der Waals surface area contributed by atoms with E-state index in [0.29, 0.717) is 16.3 Å². The summed E-state index contributed by atoms with van der Waals surface area (Å²) in [5, 5.41) is 0. The highest BCUT2D eigenvalue weighted by Gasteiger charge is 2.30. The largest absolute Gasteiger partial charge is 0.298 e. The van der Waals surface area contributed by atoms with Crippen molar-refractivity contribution in [3.8, 4) is 0 Å². The highest BCUT2D eigenvalue weighted by Crippen LogP contribution is 2.33. The van der Waals surface area contributed by atoms with Crippen LogP contribution in [0.15, 0.2) is 34.1 Å². The topological polar surface area (TPSA) is 37.4 Å². The molecule has 2 heterocycles. The van der Waals surface area contributed by atoms with Gasteiger partial charge in [0.15, 0.2) is 0 Å². The van der Waals surface area contributed by atoms with Gasteiger partial charge >= 0.3 is 0 Å². The Morgan fingerprint density at radius 1 is 1.00 bits per heavy atom. The van der Waals surface area contributed by atoms with Crippen LogP contribution in [-0.4, -0.2) is 33.0 Å². The van der Waals surface area contributed by atoms with Gasteiger partial charge in [-0.1, -0.05) is 31.0 Å². The third-order valence-corrected chi connectivity index (χ3v) is 5.84. The van der Waals surface area contributed by atoms with Gasteiger partial charge in [-0.2, -0.15) is 0 Å². The Hall–Kier alpha value is -1.13. The van der Waals surface area contributed by atoms with E-state index in [-0.39, 0.29) is 0 Å². The summed E-state index contributed by atoms with van der Waals surface area (Å²) >= 11 is 0. The SMILES string of the molecule is O=S1(=O)C(CN2CCCCCC2)=Cc2ccccc21. The maximum absolute atomic E-state index is 12.4. The lowest BCUT2D eigenvalue weighted by molar-refractivity contribution is 0.313. The first kappa shape index (κ1) is 12.9. The molecule has 0 saturated carbocycles. The van der Waals surface area contributed by atoms with Gasteiger partial charge in [0.1, 0.15) is 0 Å². The van der Waals surface area contributed by atoms with Gasteiger partial charge in [-0.15, -0.1) is 0 Å². The normalized spacial score (nSPS) is 22.6. The van der Waals surface area contributed by atoms with Crippen molar-refractivity contribution in [1.29, 1.82) is 0 Å². The molecule has 1 aromatic carbocycles. The van der Waals surface area contributed by atoms with Gasteiger partial charge in [0, 0.05) is 6.54 Å². The van der Waals surface area contributed by atoms with Gasteiger partial charge in [-0.3, -0.25) is 4.90 Å². The van der Waals surface area contributed by atoms with Crippen LogP contribution >= 0.6 is 0 Å². The van der Waals surface area contributed by atoms with Gasteiger partial charge in [0.25, 0.3) is 0 Å². The zero-order chi connectivity index (χ0) is 13.3. The van der Waals surface area contributed by atoms with Gasteiger partial charge in [0.05, 0.1) is 9.80 Å². The predicted octanol–water partition coefficient (Wildman–Crippen LogP) is 2.69. The first-order valence-corrected chi connectivity index (χ1v) is 8.43. The molecule has 0 radical (unpaired) electrons. The molecule has 1 aromatic rings. The van der Waals surface area contributed by atoms with Crippen molar-refractivity contribution in [3.05, 3.63) is 34.7 Å². The van der Waals surface area contributed by atoms with Crippen molar-refractivity contribution < 1.29 is 8.42 Å². The Bertz CT molecular complexity index is 596. The van der Waals surface area contributed by atoms with Gasteiger partial charge in [-0.25, -0.2) is 8.42 Å². The van der Waals surface area contributed by atoms with Gasteiger partial charge < -0.3 is 0 Å². The van der Waals surface area contributed by atoms with Crippen molar-refractivity contribution in [2.75, 3.05) is 19.6 Å². The molecule has 3 rings (SSSR count). The van der Waals surface area contributed by atoms with Crippen molar-refractivity contribution in [3.63, 3.8) is 0 Å². The number of benzene rings is 1. The predicted molar refractivity (Wildman–Crippen MR) is 76.5 cm³/mol. The van der Waals surface area contributed by atoms with Crippen LogP contribution < -0.4 is 0 Å². The minimum absolute atomic E-state index is 0.472. The van der Waals surface area contributed by atoms with Crippen LogP contribution in [0.25, 0.3) is 6.08 Å². The number of likely N-dealkylation sites (tertiary alicyclic amines) is 1. The third kappa shape index (κ3) is 2.47. The summed E-state index contributed by atoms with van der Waals surface area (Å²) in [5.74, 6) is 0. The van der Waals surface area contributed by atoms with E-state index in [0.717, 1.165) is 18.7 Å². The molecule has 1 saturated heterocycles. The maximum atomic E-state index is 12.4. The molecule has 0 atom stereocenters. The van der Waals surface area contributed by atoms with Crippen LogP contribution in [0.1, 0.15) is 31.2 Å². The number of hydrogen-bond donors (Lipinski definition) is 0. The molecule has 1 fully saturated rings. The standard InChI is InChI=1S/C15H19NO2S/c17-19(18)14(11-13-7-3-4-8-15(13)19)12-16-9-5-1-2-6-10-16/h3-4,7-8,11H,1-2,5-6,9-10,12H2. The summed E-state index contributed by atoms with van der Waals surface area (Å²) in [6.45, 7) is 2.60. The van der Waals surface area contributed by atoms with E-state index in [2.05, 4.69) is 4.90 Å². The fourth-order valence-electron chi connectivity index (χ4n) is 2.88. The highest BCUT2D eigenvalue weighted by atomic mass is 32.2. The molecule has 0 amide bonds. The molecule has 0 bridgehead atoms. The smallest absolute Gasteiger partial charge is 0.204 e. The number of fused-ring (bicyclic) bond motifs is 1. The number of rotatable bonds is 2. The molecule has 0 aromatic heterocycles. The van der Waals surface area contributed by atoms with E-state index in [1.54, 1.807) is 12.1 Å². The van der Waals surface area contributed by atoms with Crippen LogP contribution in [0.3, 0.4) is 0 Å². The molecular weight excluding hydrogens is 258 g/mol. The molecule has 0 N–H and O–H groups in total. The fraction of sp³-hybridized carbons (Fsp3) is 0.467. The Morgan fingerprint density at radius 3 is 2.37 bits per heavy atom. The van der Waals surface area contributed by atoms with Crippen LogP contribution in [0.4, 0.5) is 0 Å². The molecule has 3 nitrogen and oxygen atoms in total. The van der Waals surface area contributed by atoms with E-state index >= 15 is 0 Å². The Balaban J connectivity index is 1.83. The van der Waals surface area contributed by atoms with E-state index in [1.165, 1.54) is 25.7 Å². The van der Waals surface area contributed by atoms with Gasteiger partial charge in [0.2, 0.25) is 9.84 Å². The molecule has 2 aliphatic heterocycles. The van der Waals surface area contributed by atoms with E-state index < -0.39 is 9.84 Å². The first-order chi connectivity index (χ1) is 9.18. The number of sulfone groups is 1. The summed E-state index contributed by atoms with van der Waals surface area (Å²) < 4.78 is 24.9. The molecule has 19 heavy (non-hydrogen) atoms. The molecular formula is C15H19NO2S. The first-order valence-electron chi connectivity index (χ1n) is 6.95. The maximum Gasteiger partial charge on any atom is 0.204 e. The third-order valence-electron chi connectivity index (χ3n) is 3.95. The lowest BCUT2D eigenvalue weighted by Gasteiger charge is -2.19. The number of nitrogens with zero attached hydrogens (tertiary/aromatic N) is 1. The lowest BCUT2D eigenvalue weighted by atomic mass is 10.2. The molecule has 4 heteroatoms. The average molecular weight is 277 g/mol. The molecule has 102 valence electrons. The van der Waals surface area contributed by atoms with Gasteiger partial charge in [-0.05, 0) is 43.6 Å². The second kappa shape index (κ2) is 5.10. The Morgan fingerprint density at radius 2 is 1.68 bits per heavy atom. The fourth-order valence-corrected chi connectivity index (χ4v) is 4.49. The summed E-state index contributed by atoms with van der Waals surface area (Å²) in [5.41, 5.74) is 0.840. The molecule has 0 spiro atoms. The van der Waals surface area contributed by atoms with Crippen LogP contribution in [0.2, 0.25) is 0 Å².